The maximum Gasteiger partial charge on any atom is 0.249 e. The van der Waals surface area contributed by atoms with Crippen LogP contribution in [0.15, 0.2) is 27.3 Å². The minimum absolute atomic E-state index is 0.0475. The Bertz CT molecular complexity index is 617. The molecule has 0 aliphatic carbocycles. The molecule has 124 valence electrons. The Morgan fingerprint density at radius 2 is 2.26 bits per heavy atom. The Morgan fingerprint density at radius 3 is 2.91 bits per heavy atom. The van der Waals surface area contributed by atoms with Gasteiger partial charge >= 0.3 is 0 Å². The van der Waals surface area contributed by atoms with E-state index in [1.54, 1.807) is 13.2 Å². The molecular formula is C16H21N3O4. The van der Waals surface area contributed by atoms with E-state index in [4.69, 9.17) is 13.7 Å². The van der Waals surface area contributed by atoms with Crippen molar-refractivity contribution >= 4 is 5.91 Å². The topological polar surface area (TPSA) is 90.4 Å². The van der Waals surface area contributed by atoms with Gasteiger partial charge in [0.05, 0.1) is 6.26 Å². The summed E-state index contributed by atoms with van der Waals surface area (Å²) in [6, 6.07) is 3.42. The van der Waals surface area contributed by atoms with Crippen molar-refractivity contribution in [3.63, 3.8) is 0 Å². The molecule has 0 spiro atoms. The first kappa shape index (κ1) is 15.7. The van der Waals surface area contributed by atoms with Crippen LogP contribution in [0.5, 0.6) is 0 Å². The first-order valence-corrected chi connectivity index (χ1v) is 7.92. The number of nitrogens with zero attached hydrogens (tertiary/aromatic N) is 2. The minimum atomic E-state index is -0.260. The molecule has 1 atom stereocenters. The van der Waals surface area contributed by atoms with Gasteiger partial charge in [-0.15, -0.1) is 0 Å². The number of furan rings is 1. The van der Waals surface area contributed by atoms with E-state index in [1.165, 1.54) is 0 Å². The second-order valence-corrected chi connectivity index (χ2v) is 5.75. The number of carbonyl (C=O) groups excluding carboxylic acids is 1. The van der Waals surface area contributed by atoms with Gasteiger partial charge < -0.3 is 19.0 Å². The van der Waals surface area contributed by atoms with Crippen molar-refractivity contribution in [2.75, 3.05) is 13.2 Å². The fraction of sp³-hybridized carbons (Fsp3) is 0.562. The number of carbonyl (C=O) groups is 1. The molecule has 3 heterocycles. The predicted octanol–water partition coefficient (Wildman–Crippen LogP) is 2.19. The zero-order valence-electron chi connectivity index (χ0n) is 13.2. The summed E-state index contributed by atoms with van der Waals surface area (Å²) in [5.41, 5.74) is 0. The Morgan fingerprint density at radius 1 is 1.43 bits per heavy atom. The van der Waals surface area contributed by atoms with Crippen LogP contribution in [0.4, 0.5) is 0 Å². The van der Waals surface area contributed by atoms with E-state index in [0.29, 0.717) is 37.8 Å². The predicted molar refractivity (Wildman–Crippen MR) is 80.5 cm³/mol. The fourth-order valence-electron chi connectivity index (χ4n) is 2.81. The van der Waals surface area contributed by atoms with Crippen LogP contribution in [-0.4, -0.2) is 29.3 Å². The van der Waals surface area contributed by atoms with Crippen LogP contribution >= 0.6 is 0 Å². The molecule has 1 aliphatic rings. The lowest BCUT2D eigenvalue weighted by Gasteiger charge is -2.28. The second-order valence-electron chi connectivity index (χ2n) is 5.75. The van der Waals surface area contributed by atoms with E-state index < -0.39 is 0 Å². The highest BCUT2D eigenvalue weighted by Gasteiger charge is 2.31. The highest BCUT2D eigenvalue weighted by molar-refractivity contribution is 5.76. The summed E-state index contributed by atoms with van der Waals surface area (Å²) < 4.78 is 16.0. The lowest BCUT2D eigenvalue weighted by Crippen LogP contribution is -2.36. The molecule has 1 N–H and O–H groups in total. The van der Waals surface area contributed by atoms with Gasteiger partial charge in [-0.05, 0) is 37.8 Å². The lowest BCUT2D eigenvalue weighted by molar-refractivity contribution is -0.122. The molecule has 1 aliphatic heterocycles. The van der Waals surface area contributed by atoms with E-state index in [9.17, 15) is 4.79 Å². The minimum Gasteiger partial charge on any atom is -0.469 e. The summed E-state index contributed by atoms with van der Waals surface area (Å²) in [4.78, 5) is 16.6. The van der Waals surface area contributed by atoms with E-state index in [0.717, 1.165) is 18.6 Å². The summed E-state index contributed by atoms with van der Waals surface area (Å²) in [7, 11) is 0. The number of amides is 1. The molecule has 0 radical (unpaired) electrons. The number of hydrogen-bond donors (Lipinski definition) is 1. The van der Waals surface area contributed by atoms with Crippen LogP contribution in [0.3, 0.4) is 0 Å². The molecule has 3 rings (SSSR count). The first-order chi connectivity index (χ1) is 11.2. The quantitative estimate of drug-likeness (QED) is 0.877. The second kappa shape index (κ2) is 7.41. The van der Waals surface area contributed by atoms with Crippen molar-refractivity contribution in [2.24, 2.45) is 5.92 Å². The van der Waals surface area contributed by atoms with Gasteiger partial charge in [0.25, 0.3) is 0 Å². The average molecular weight is 319 g/mol. The van der Waals surface area contributed by atoms with Crippen molar-refractivity contribution in [3.8, 4) is 0 Å². The highest BCUT2D eigenvalue weighted by Crippen LogP contribution is 2.29. The highest BCUT2D eigenvalue weighted by atomic mass is 16.5. The van der Waals surface area contributed by atoms with Gasteiger partial charge in [0.15, 0.2) is 5.82 Å². The Labute approximate surface area is 134 Å². The molecule has 0 unspecified atom stereocenters. The van der Waals surface area contributed by atoms with Crippen molar-refractivity contribution in [3.05, 3.63) is 35.9 Å². The van der Waals surface area contributed by atoms with Crippen molar-refractivity contribution in [1.82, 2.24) is 15.5 Å². The Balaban J connectivity index is 1.64. The summed E-state index contributed by atoms with van der Waals surface area (Å²) in [5, 5.41) is 6.89. The smallest absolute Gasteiger partial charge is 0.249 e. The van der Waals surface area contributed by atoms with E-state index in [1.807, 2.05) is 12.1 Å². The average Bonchev–Trinajstić information content (AvgIpc) is 3.23. The third-order valence-electron chi connectivity index (χ3n) is 4.04. The van der Waals surface area contributed by atoms with Gasteiger partial charge in [-0.3, -0.25) is 4.79 Å². The maximum absolute atomic E-state index is 12.3. The van der Waals surface area contributed by atoms with Crippen molar-refractivity contribution in [1.29, 1.82) is 0 Å². The monoisotopic (exact) mass is 319 g/mol. The van der Waals surface area contributed by atoms with Crippen LogP contribution < -0.4 is 5.32 Å². The van der Waals surface area contributed by atoms with Crippen LogP contribution in [0, 0.1) is 12.8 Å². The van der Waals surface area contributed by atoms with Gasteiger partial charge in [-0.25, -0.2) is 0 Å². The Kier molecular flexibility index (Phi) is 5.07. The maximum atomic E-state index is 12.3. The molecule has 7 nitrogen and oxygen atoms in total. The summed E-state index contributed by atoms with van der Waals surface area (Å²) in [5.74, 6) is 2.05. The molecule has 1 fully saturated rings. The van der Waals surface area contributed by atoms with Crippen molar-refractivity contribution < 1.29 is 18.5 Å². The Hall–Kier alpha value is -2.15. The third-order valence-corrected chi connectivity index (χ3v) is 4.04. The molecule has 23 heavy (non-hydrogen) atoms. The molecule has 0 aromatic carbocycles. The zero-order valence-corrected chi connectivity index (χ0v) is 13.2. The fourth-order valence-corrected chi connectivity index (χ4v) is 2.81. The standard InChI is InChI=1S/C16H21N3O4/c1-11-17-16(23-19-11)15(12-6-9-21-10-7-12)18-14(20)5-4-13-3-2-8-22-13/h2-3,8,12,15H,4-7,9-10H2,1H3,(H,18,20)/t15-/m1/s1. The number of aryl methyl sites for hydroxylation is 2. The molecule has 1 amide bonds. The number of rotatable bonds is 6. The van der Waals surface area contributed by atoms with Gasteiger partial charge in [0, 0.05) is 26.1 Å². The normalized spacial score (nSPS) is 17.1. The summed E-state index contributed by atoms with van der Waals surface area (Å²) in [6.07, 6.45) is 4.27. The van der Waals surface area contributed by atoms with Gasteiger partial charge in [0.1, 0.15) is 11.8 Å². The van der Waals surface area contributed by atoms with E-state index >= 15 is 0 Å². The molecule has 2 aromatic heterocycles. The number of aromatic nitrogens is 2. The lowest BCUT2D eigenvalue weighted by atomic mass is 9.91. The SMILES string of the molecule is Cc1noc([C@H](NC(=O)CCc2ccco2)C2CCOCC2)n1. The zero-order chi connectivity index (χ0) is 16.1. The number of ether oxygens (including phenoxy) is 1. The molecule has 2 aromatic rings. The van der Waals surface area contributed by atoms with Crippen LogP contribution in [0.25, 0.3) is 0 Å². The third kappa shape index (κ3) is 4.19. The summed E-state index contributed by atoms with van der Waals surface area (Å²) in [6.45, 7) is 3.15. The first-order valence-electron chi connectivity index (χ1n) is 7.92. The largest absolute Gasteiger partial charge is 0.469 e. The van der Waals surface area contributed by atoms with Crippen LogP contribution in [0.2, 0.25) is 0 Å². The van der Waals surface area contributed by atoms with Crippen LogP contribution in [-0.2, 0) is 16.0 Å². The number of nitrogens with one attached hydrogen (secondary N) is 1. The van der Waals surface area contributed by atoms with Gasteiger partial charge in [-0.1, -0.05) is 5.16 Å². The number of hydrogen-bond acceptors (Lipinski definition) is 6. The molecule has 0 bridgehead atoms. The van der Waals surface area contributed by atoms with Crippen LogP contribution in [0.1, 0.15) is 42.8 Å². The molecule has 1 saturated heterocycles. The molecular weight excluding hydrogens is 298 g/mol. The van der Waals surface area contributed by atoms with E-state index in [-0.39, 0.29) is 17.9 Å². The van der Waals surface area contributed by atoms with Gasteiger partial charge in [0.2, 0.25) is 11.8 Å². The molecule has 0 saturated carbocycles. The van der Waals surface area contributed by atoms with E-state index in [2.05, 4.69) is 15.5 Å². The van der Waals surface area contributed by atoms with Crippen molar-refractivity contribution in [2.45, 2.75) is 38.6 Å². The molecule has 7 heteroatoms. The van der Waals surface area contributed by atoms with Gasteiger partial charge in [-0.2, -0.15) is 4.98 Å². The summed E-state index contributed by atoms with van der Waals surface area (Å²) >= 11 is 0.